The van der Waals surface area contributed by atoms with E-state index in [4.69, 9.17) is 4.74 Å². The average molecular weight is 331 g/mol. The summed E-state index contributed by atoms with van der Waals surface area (Å²) in [7, 11) is 0. The number of hydrogen-bond acceptors (Lipinski definition) is 7. The van der Waals surface area contributed by atoms with Crippen LogP contribution in [0, 0.1) is 17.0 Å². The lowest BCUT2D eigenvalue weighted by molar-refractivity contribution is -0.392. The van der Waals surface area contributed by atoms with Crippen molar-refractivity contribution in [3.63, 3.8) is 0 Å². The van der Waals surface area contributed by atoms with Crippen LogP contribution in [0.3, 0.4) is 0 Å². The number of aldehydes is 2. The van der Waals surface area contributed by atoms with Crippen LogP contribution >= 0.6 is 0 Å². The lowest BCUT2D eigenvalue weighted by Crippen LogP contribution is -2.16. The third-order valence-corrected chi connectivity index (χ3v) is 3.36. The molecule has 1 heterocycles. The zero-order chi connectivity index (χ0) is 17.7. The van der Waals surface area contributed by atoms with Crippen LogP contribution in [0.4, 0.5) is 5.82 Å². The summed E-state index contributed by atoms with van der Waals surface area (Å²) in [5, 5.41) is 10.9. The number of carbonyl (C=O) groups is 3. The number of hydrogen-bond donors (Lipinski definition) is 0. The second-order valence-corrected chi connectivity index (χ2v) is 4.76. The molecule has 1 aromatic heterocycles. The minimum absolute atomic E-state index is 0.0214. The number of nitro groups is 1. The van der Waals surface area contributed by atoms with Crippen LogP contribution in [-0.2, 0) is 11.3 Å². The maximum absolute atomic E-state index is 12.1. The molecule has 0 N–H and O–H groups in total. The summed E-state index contributed by atoms with van der Waals surface area (Å²) < 4.78 is 6.34. The fraction of sp³-hybridized carbons (Fsp3) is 0.200. The van der Waals surface area contributed by atoms with Crippen molar-refractivity contribution in [2.24, 2.45) is 0 Å². The summed E-state index contributed by atoms with van der Waals surface area (Å²) in [6, 6.07) is 4.26. The van der Waals surface area contributed by atoms with E-state index in [1.807, 2.05) is 0 Å². The molecule has 0 spiro atoms. The van der Waals surface area contributed by atoms with Gasteiger partial charge in [0, 0.05) is 18.1 Å². The maximum atomic E-state index is 12.1. The molecular formula is C15H13N3O6. The van der Waals surface area contributed by atoms with E-state index < -0.39 is 10.9 Å². The van der Waals surface area contributed by atoms with Crippen molar-refractivity contribution in [2.45, 2.75) is 13.5 Å². The van der Waals surface area contributed by atoms with E-state index in [9.17, 15) is 24.5 Å². The van der Waals surface area contributed by atoms with Gasteiger partial charge in [-0.1, -0.05) is 18.2 Å². The largest absolute Gasteiger partial charge is 0.458 e. The highest BCUT2D eigenvalue weighted by Gasteiger charge is 2.20. The Morgan fingerprint density at radius 3 is 2.50 bits per heavy atom. The highest BCUT2D eigenvalue weighted by molar-refractivity contribution is 6.04. The molecule has 0 saturated heterocycles. The van der Waals surface area contributed by atoms with Gasteiger partial charge in [-0.05, 0) is 4.92 Å². The van der Waals surface area contributed by atoms with Crippen molar-refractivity contribution in [3.8, 4) is 0 Å². The first kappa shape index (κ1) is 17.0. The molecule has 2 rings (SSSR count). The van der Waals surface area contributed by atoms with Crippen molar-refractivity contribution in [3.05, 3.63) is 57.0 Å². The van der Waals surface area contributed by atoms with E-state index in [1.54, 1.807) is 6.92 Å². The van der Waals surface area contributed by atoms with Gasteiger partial charge in [-0.2, -0.15) is 0 Å². The molecule has 0 aliphatic carbocycles. The fourth-order valence-electron chi connectivity index (χ4n) is 2.20. The van der Waals surface area contributed by atoms with Gasteiger partial charge in [-0.25, -0.2) is 14.3 Å². The molecule has 0 aliphatic heterocycles. The Hall–Kier alpha value is -3.36. The van der Waals surface area contributed by atoms with E-state index >= 15 is 0 Å². The Kier molecular flexibility index (Phi) is 5.15. The molecule has 0 saturated carbocycles. The van der Waals surface area contributed by atoms with E-state index in [0.29, 0.717) is 18.4 Å². The Balaban J connectivity index is 2.13. The number of nitrogens with zero attached hydrogens (tertiary/aromatic N) is 3. The van der Waals surface area contributed by atoms with Crippen LogP contribution in [0.15, 0.2) is 24.4 Å². The van der Waals surface area contributed by atoms with Crippen LogP contribution < -0.4 is 0 Å². The average Bonchev–Trinajstić information content (AvgIpc) is 2.95. The predicted molar refractivity (Wildman–Crippen MR) is 81.1 cm³/mol. The number of aromatic nitrogens is 2. The van der Waals surface area contributed by atoms with Gasteiger partial charge in [0.2, 0.25) is 0 Å². The second-order valence-electron chi connectivity index (χ2n) is 4.76. The van der Waals surface area contributed by atoms with Crippen LogP contribution in [-0.4, -0.2) is 39.6 Å². The van der Waals surface area contributed by atoms with Crippen molar-refractivity contribution in [1.29, 1.82) is 0 Å². The fourth-order valence-corrected chi connectivity index (χ4v) is 2.20. The van der Waals surface area contributed by atoms with Gasteiger partial charge in [0.05, 0.1) is 5.56 Å². The van der Waals surface area contributed by atoms with Crippen LogP contribution in [0.5, 0.6) is 0 Å². The van der Waals surface area contributed by atoms with Gasteiger partial charge >= 0.3 is 11.8 Å². The first-order valence-electron chi connectivity index (χ1n) is 6.86. The third kappa shape index (κ3) is 3.35. The third-order valence-electron chi connectivity index (χ3n) is 3.36. The smallest absolute Gasteiger partial charge is 0.342 e. The van der Waals surface area contributed by atoms with Crippen molar-refractivity contribution in [2.75, 3.05) is 6.61 Å². The standard InChI is InChI=1S/C15H13N3O6/c1-10-16-7-13(18(22)23)17(10)5-6-24-15(21)14-11(8-19)3-2-4-12(14)9-20/h2-4,7-9H,5-6H2,1H3. The van der Waals surface area contributed by atoms with E-state index in [0.717, 1.165) is 6.20 Å². The van der Waals surface area contributed by atoms with Crippen LogP contribution in [0.25, 0.3) is 0 Å². The molecule has 24 heavy (non-hydrogen) atoms. The number of aryl methyl sites for hydroxylation is 1. The highest BCUT2D eigenvalue weighted by atomic mass is 16.6. The summed E-state index contributed by atoms with van der Waals surface area (Å²) in [6.45, 7) is 1.43. The molecule has 0 atom stereocenters. The number of esters is 1. The van der Waals surface area contributed by atoms with Crippen LogP contribution in [0.2, 0.25) is 0 Å². The Labute approximate surface area is 136 Å². The lowest BCUT2D eigenvalue weighted by atomic mass is 10.0. The second kappa shape index (κ2) is 7.27. The summed E-state index contributed by atoms with van der Waals surface area (Å²) in [4.78, 5) is 48.3. The summed E-state index contributed by atoms with van der Waals surface area (Å²) in [5.41, 5.74) is -0.0527. The molecule has 0 amide bonds. The SMILES string of the molecule is Cc1ncc([N+](=O)[O-])n1CCOC(=O)c1c(C=O)cccc1C=O. The monoisotopic (exact) mass is 331 g/mol. The van der Waals surface area contributed by atoms with Gasteiger partial charge in [0.25, 0.3) is 0 Å². The number of ether oxygens (including phenoxy) is 1. The van der Waals surface area contributed by atoms with Gasteiger partial charge < -0.3 is 14.9 Å². The minimum atomic E-state index is -0.847. The first-order chi connectivity index (χ1) is 11.5. The molecule has 2 aromatic rings. The van der Waals surface area contributed by atoms with E-state index in [2.05, 4.69) is 4.98 Å². The van der Waals surface area contributed by atoms with E-state index in [1.165, 1.54) is 22.8 Å². The maximum Gasteiger partial charge on any atom is 0.342 e. The van der Waals surface area contributed by atoms with Crippen molar-refractivity contribution in [1.82, 2.24) is 9.55 Å². The normalized spacial score (nSPS) is 10.2. The molecule has 1 aromatic carbocycles. The molecular weight excluding hydrogens is 318 g/mol. The van der Waals surface area contributed by atoms with Gasteiger partial charge in [-0.3, -0.25) is 9.59 Å². The molecule has 0 radical (unpaired) electrons. The zero-order valence-corrected chi connectivity index (χ0v) is 12.7. The number of carbonyl (C=O) groups excluding carboxylic acids is 3. The predicted octanol–water partition coefficient (Wildman–Crippen LogP) is 1.58. The van der Waals surface area contributed by atoms with Crippen LogP contribution in [0.1, 0.15) is 36.9 Å². The Morgan fingerprint density at radius 1 is 1.33 bits per heavy atom. The summed E-state index contributed by atoms with van der Waals surface area (Å²) >= 11 is 0. The molecule has 124 valence electrons. The van der Waals surface area contributed by atoms with Gasteiger partial charge in [0.15, 0.2) is 18.4 Å². The zero-order valence-electron chi connectivity index (χ0n) is 12.7. The molecule has 0 unspecified atom stereocenters. The highest BCUT2D eigenvalue weighted by Crippen LogP contribution is 2.15. The Bertz CT molecular complexity index is 785. The molecule has 0 aliphatic rings. The lowest BCUT2D eigenvalue weighted by Gasteiger charge is -2.08. The van der Waals surface area contributed by atoms with Gasteiger partial charge in [-0.15, -0.1) is 0 Å². The van der Waals surface area contributed by atoms with Crippen molar-refractivity contribution < 1.29 is 24.0 Å². The molecule has 0 fully saturated rings. The quantitative estimate of drug-likeness (QED) is 0.327. The van der Waals surface area contributed by atoms with Crippen molar-refractivity contribution >= 4 is 24.4 Å². The Morgan fingerprint density at radius 2 is 1.96 bits per heavy atom. The summed E-state index contributed by atoms with van der Waals surface area (Å²) in [6.07, 6.45) is 2.02. The minimum Gasteiger partial charge on any atom is -0.458 e. The topological polar surface area (TPSA) is 121 Å². The number of rotatable bonds is 7. The van der Waals surface area contributed by atoms with E-state index in [-0.39, 0.29) is 35.7 Å². The van der Waals surface area contributed by atoms with Gasteiger partial charge in [0.1, 0.15) is 19.3 Å². The summed E-state index contributed by atoms with van der Waals surface area (Å²) in [5.74, 6) is -0.662. The number of imidazole rings is 1. The first-order valence-corrected chi connectivity index (χ1v) is 6.86. The number of benzene rings is 1. The molecule has 9 heteroatoms. The molecule has 0 bridgehead atoms. The molecule has 9 nitrogen and oxygen atoms in total.